The summed E-state index contributed by atoms with van der Waals surface area (Å²) in [5.74, 6) is 0. The predicted molar refractivity (Wildman–Crippen MR) is 81.8 cm³/mol. The van der Waals surface area contributed by atoms with Gasteiger partial charge in [-0.3, -0.25) is 10.1 Å². The Hall–Kier alpha value is -1.67. The van der Waals surface area contributed by atoms with E-state index < -0.39 is 11.0 Å². The van der Waals surface area contributed by atoms with Crippen LogP contribution in [0, 0.1) is 10.1 Å². The summed E-state index contributed by atoms with van der Waals surface area (Å²) in [4.78, 5) is 11.1. The number of rotatable bonds is 6. The quantitative estimate of drug-likeness (QED) is 0.559. The number of aliphatic hydroxyl groups excluding tert-OH is 2. The molecule has 3 N–H and O–H groups in total. The Morgan fingerprint density at radius 3 is 2.71 bits per heavy atom. The van der Waals surface area contributed by atoms with Gasteiger partial charge in [-0.2, -0.15) is 0 Å². The van der Waals surface area contributed by atoms with E-state index in [1.54, 1.807) is 12.1 Å². The Balaban J connectivity index is 2.13. The normalized spacial score (nSPS) is 12.1. The average molecular weight is 329 g/mol. The number of nitro groups is 1. The number of anilines is 1. The van der Waals surface area contributed by atoms with E-state index in [1.165, 1.54) is 29.5 Å². The smallest absolute Gasteiger partial charge is 0.292 e. The molecule has 0 amide bonds. The SMILES string of the molecule is O=[N+]([O-])c1ccc(CO)cc1NCC(O)c1ccc(Cl)s1. The number of aliphatic hydroxyl groups is 2. The van der Waals surface area contributed by atoms with Crippen LogP contribution in [0.1, 0.15) is 16.5 Å². The standard InChI is InChI=1S/C13H13ClN2O4S/c14-13-4-3-12(21-13)11(18)6-15-9-5-8(7-17)1-2-10(9)16(19)20/h1-5,11,15,17-18H,6-7H2. The van der Waals surface area contributed by atoms with Gasteiger partial charge in [-0.1, -0.05) is 11.6 Å². The van der Waals surface area contributed by atoms with E-state index in [0.717, 1.165) is 0 Å². The number of halogens is 1. The molecule has 2 aromatic rings. The number of thiophene rings is 1. The zero-order valence-electron chi connectivity index (χ0n) is 10.8. The molecule has 0 radical (unpaired) electrons. The van der Waals surface area contributed by atoms with Crippen LogP contribution in [0.15, 0.2) is 30.3 Å². The highest BCUT2D eigenvalue weighted by atomic mass is 35.5. The zero-order valence-corrected chi connectivity index (χ0v) is 12.4. The zero-order chi connectivity index (χ0) is 15.4. The molecule has 0 saturated carbocycles. The Kier molecular flexibility index (Phi) is 5.13. The van der Waals surface area contributed by atoms with Crippen molar-refractivity contribution in [2.75, 3.05) is 11.9 Å². The maximum atomic E-state index is 11.0. The van der Waals surface area contributed by atoms with Gasteiger partial charge in [0.2, 0.25) is 0 Å². The lowest BCUT2D eigenvalue weighted by atomic mass is 10.1. The fourth-order valence-electron chi connectivity index (χ4n) is 1.80. The lowest BCUT2D eigenvalue weighted by Gasteiger charge is -2.12. The van der Waals surface area contributed by atoms with Crippen molar-refractivity contribution in [3.63, 3.8) is 0 Å². The van der Waals surface area contributed by atoms with Crippen molar-refractivity contribution in [1.82, 2.24) is 0 Å². The number of nitrogens with one attached hydrogen (secondary N) is 1. The number of hydrogen-bond donors (Lipinski definition) is 3. The van der Waals surface area contributed by atoms with Crippen LogP contribution in [0.25, 0.3) is 0 Å². The molecule has 6 nitrogen and oxygen atoms in total. The summed E-state index contributed by atoms with van der Waals surface area (Å²) < 4.78 is 0.567. The number of benzene rings is 1. The van der Waals surface area contributed by atoms with Crippen molar-refractivity contribution in [2.24, 2.45) is 0 Å². The molecule has 1 aromatic carbocycles. The molecule has 1 heterocycles. The lowest BCUT2D eigenvalue weighted by molar-refractivity contribution is -0.384. The number of nitrogens with zero attached hydrogens (tertiary/aromatic N) is 1. The summed E-state index contributed by atoms with van der Waals surface area (Å²) in [5, 5.41) is 32.9. The van der Waals surface area contributed by atoms with Crippen molar-refractivity contribution in [2.45, 2.75) is 12.7 Å². The van der Waals surface area contributed by atoms with E-state index in [1.807, 2.05) is 0 Å². The van der Waals surface area contributed by atoms with Crippen LogP contribution in [-0.4, -0.2) is 21.7 Å². The van der Waals surface area contributed by atoms with Crippen molar-refractivity contribution >= 4 is 34.3 Å². The molecule has 0 spiro atoms. The Morgan fingerprint density at radius 2 is 2.14 bits per heavy atom. The molecule has 0 aliphatic rings. The molecule has 0 bridgehead atoms. The molecule has 0 saturated heterocycles. The first-order valence-corrected chi connectivity index (χ1v) is 7.26. The fourth-order valence-corrected chi connectivity index (χ4v) is 2.84. The minimum absolute atomic E-state index is 0.104. The van der Waals surface area contributed by atoms with Crippen LogP contribution in [0.5, 0.6) is 0 Å². The van der Waals surface area contributed by atoms with Crippen LogP contribution >= 0.6 is 22.9 Å². The minimum Gasteiger partial charge on any atom is -0.392 e. The maximum absolute atomic E-state index is 11.0. The molecule has 2 rings (SSSR count). The van der Waals surface area contributed by atoms with Crippen LogP contribution in [0.4, 0.5) is 11.4 Å². The summed E-state index contributed by atoms with van der Waals surface area (Å²) in [6.07, 6.45) is -0.820. The van der Waals surface area contributed by atoms with Gasteiger partial charge < -0.3 is 15.5 Å². The molecule has 21 heavy (non-hydrogen) atoms. The van der Waals surface area contributed by atoms with Gasteiger partial charge in [0.25, 0.3) is 5.69 Å². The lowest BCUT2D eigenvalue weighted by Crippen LogP contribution is -2.12. The third kappa shape index (κ3) is 3.92. The molecule has 112 valence electrons. The van der Waals surface area contributed by atoms with Gasteiger partial charge in [0.1, 0.15) is 11.8 Å². The van der Waals surface area contributed by atoms with Gasteiger partial charge in [0.05, 0.1) is 15.9 Å². The van der Waals surface area contributed by atoms with E-state index in [0.29, 0.717) is 14.8 Å². The summed E-state index contributed by atoms with van der Waals surface area (Å²) in [7, 11) is 0. The summed E-state index contributed by atoms with van der Waals surface area (Å²) in [5.41, 5.74) is 0.702. The van der Waals surface area contributed by atoms with Gasteiger partial charge in [0.15, 0.2) is 0 Å². The predicted octanol–water partition coefficient (Wildman–Crippen LogP) is 2.95. The maximum Gasteiger partial charge on any atom is 0.292 e. The molecule has 0 aliphatic heterocycles. The Morgan fingerprint density at radius 1 is 1.38 bits per heavy atom. The minimum atomic E-state index is -0.820. The molecule has 1 atom stereocenters. The summed E-state index contributed by atoms with van der Waals surface area (Å²) >= 11 is 7.05. The number of nitro benzene ring substituents is 1. The summed E-state index contributed by atoms with van der Waals surface area (Å²) in [6.45, 7) is -0.109. The summed E-state index contributed by atoms with van der Waals surface area (Å²) in [6, 6.07) is 7.69. The van der Waals surface area contributed by atoms with E-state index in [9.17, 15) is 15.2 Å². The van der Waals surface area contributed by atoms with E-state index >= 15 is 0 Å². The Labute approximate surface area is 129 Å². The third-order valence-electron chi connectivity index (χ3n) is 2.85. The molecule has 0 fully saturated rings. The van der Waals surface area contributed by atoms with Crippen LogP contribution in [0.3, 0.4) is 0 Å². The molecular weight excluding hydrogens is 316 g/mol. The van der Waals surface area contributed by atoms with E-state index in [4.69, 9.17) is 16.7 Å². The molecule has 8 heteroatoms. The topological polar surface area (TPSA) is 95.6 Å². The third-order valence-corrected chi connectivity index (χ3v) is 4.18. The van der Waals surface area contributed by atoms with Gasteiger partial charge in [-0.25, -0.2) is 0 Å². The highest BCUT2D eigenvalue weighted by molar-refractivity contribution is 7.16. The molecule has 0 aliphatic carbocycles. The highest BCUT2D eigenvalue weighted by Crippen LogP contribution is 2.29. The van der Waals surface area contributed by atoms with Gasteiger partial charge >= 0.3 is 0 Å². The second-order valence-electron chi connectivity index (χ2n) is 4.31. The fraction of sp³-hybridized carbons (Fsp3) is 0.231. The molecule has 1 aromatic heterocycles. The highest BCUT2D eigenvalue weighted by Gasteiger charge is 2.16. The first-order valence-electron chi connectivity index (χ1n) is 6.06. The van der Waals surface area contributed by atoms with E-state index in [2.05, 4.69) is 5.32 Å². The van der Waals surface area contributed by atoms with Crippen molar-refractivity contribution in [3.8, 4) is 0 Å². The Bertz CT molecular complexity index is 647. The van der Waals surface area contributed by atoms with Gasteiger partial charge in [-0.05, 0) is 29.8 Å². The number of hydrogen-bond acceptors (Lipinski definition) is 6. The first kappa shape index (κ1) is 15.7. The average Bonchev–Trinajstić information content (AvgIpc) is 2.90. The first-order chi connectivity index (χ1) is 10.0. The largest absolute Gasteiger partial charge is 0.392 e. The van der Waals surface area contributed by atoms with Crippen LogP contribution < -0.4 is 5.32 Å². The van der Waals surface area contributed by atoms with Crippen molar-refractivity contribution in [1.29, 1.82) is 0 Å². The second-order valence-corrected chi connectivity index (χ2v) is 6.05. The van der Waals surface area contributed by atoms with E-state index in [-0.39, 0.29) is 24.5 Å². The molecular formula is C13H13ClN2O4S. The monoisotopic (exact) mass is 328 g/mol. The van der Waals surface area contributed by atoms with Crippen molar-refractivity contribution < 1.29 is 15.1 Å². The van der Waals surface area contributed by atoms with Gasteiger partial charge in [0, 0.05) is 17.5 Å². The van der Waals surface area contributed by atoms with Crippen LogP contribution in [0.2, 0.25) is 4.34 Å². The van der Waals surface area contributed by atoms with Crippen LogP contribution in [-0.2, 0) is 6.61 Å². The van der Waals surface area contributed by atoms with Gasteiger partial charge in [-0.15, -0.1) is 11.3 Å². The second kappa shape index (κ2) is 6.86. The van der Waals surface area contributed by atoms with Crippen molar-refractivity contribution in [3.05, 3.63) is 55.2 Å². The molecule has 1 unspecified atom stereocenters.